The second kappa shape index (κ2) is 7.29. The summed E-state index contributed by atoms with van der Waals surface area (Å²) in [5.41, 5.74) is 2.91. The predicted octanol–water partition coefficient (Wildman–Crippen LogP) is 6.06. The molecule has 0 bridgehead atoms. The van der Waals surface area contributed by atoms with Crippen molar-refractivity contribution in [2.24, 2.45) is 0 Å². The van der Waals surface area contributed by atoms with Gasteiger partial charge in [0.15, 0.2) is 5.43 Å². The molecule has 1 atom stereocenters. The summed E-state index contributed by atoms with van der Waals surface area (Å²) in [6.07, 6.45) is 1.54. The number of hydrogen-bond acceptors (Lipinski definition) is 4. The van der Waals surface area contributed by atoms with E-state index in [4.69, 9.17) is 32.0 Å². The number of rotatable bonds is 3. The number of nitrogens with zero attached hydrogens (tertiary/aromatic N) is 1. The highest BCUT2D eigenvalue weighted by molar-refractivity contribution is 6.42. The van der Waals surface area contributed by atoms with Gasteiger partial charge in [-0.2, -0.15) is 0 Å². The van der Waals surface area contributed by atoms with Crippen LogP contribution in [0.2, 0.25) is 10.0 Å². The zero-order chi connectivity index (χ0) is 21.9. The second-order valence-corrected chi connectivity index (χ2v) is 8.53. The van der Waals surface area contributed by atoms with Crippen molar-refractivity contribution in [3.63, 3.8) is 0 Å². The number of furan rings is 1. The Morgan fingerprint density at radius 2 is 1.84 bits per heavy atom. The molecule has 1 aliphatic heterocycles. The van der Waals surface area contributed by atoms with E-state index in [1.165, 1.54) is 0 Å². The van der Waals surface area contributed by atoms with Gasteiger partial charge in [0.1, 0.15) is 11.3 Å². The van der Waals surface area contributed by atoms with Crippen LogP contribution < -0.4 is 5.43 Å². The first kappa shape index (κ1) is 19.9. The van der Waals surface area contributed by atoms with Crippen LogP contribution in [0.3, 0.4) is 0 Å². The molecule has 1 aliphatic rings. The highest BCUT2D eigenvalue weighted by Gasteiger charge is 2.43. The van der Waals surface area contributed by atoms with Crippen LogP contribution in [0.1, 0.15) is 44.6 Å². The van der Waals surface area contributed by atoms with Crippen molar-refractivity contribution in [2.45, 2.75) is 26.4 Å². The van der Waals surface area contributed by atoms with Crippen molar-refractivity contribution in [3.05, 3.63) is 103 Å². The highest BCUT2D eigenvalue weighted by Crippen LogP contribution is 2.41. The molecule has 0 N–H and O–H groups in total. The van der Waals surface area contributed by atoms with E-state index in [2.05, 4.69) is 0 Å². The predicted molar refractivity (Wildman–Crippen MR) is 119 cm³/mol. The average molecular weight is 454 g/mol. The van der Waals surface area contributed by atoms with E-state index in [1.807, 2.05) is 19.9 Å². The summed E-state index contributed by atoms with van der Waals surface area (Å²) in [6.45, 7) is 3.96. The summed E-state index contributed by atoms with van der Waals surface area (Å²) in [5, 5.41) is 1.21. The van der Waals surface area contributed by atoms with Gasteiger partial charge in [-0.3, -0.25) is 9.59 Å². The van der Waals surface area contributed by atoms with Gasteiger partial charge in [-0.15, -0.1) is 0 Å². The van der Waals surface area contributed by atoms with Gasteiger partial charge in [0.2, 0.25) is 5.76 Å². The van der Waals surface area contributed by atoms with Crippen LogP contribution in [0.5, 0.6) is 0 Å². The summed E-state index contributed by atoms with van der Waals surface area (Å²) in [7, 11) is 0. The van der Waals surface area contributed by atoms with E-state index in [9.17, 15) is 9.59 Å². The van der Waals surface area contributed by atoms with Gasteiger partial charge in [-0.1, -0.05) is 35.3 Å². The van der Waals surface area contributed by atoms with Crippen molar-refractivity contribution in [2.75, 3.05) is 0 Å². The molecule has 5 rings (SSSR count). The minimum Gasteiger partial charge on any atom is -0.467 e. The minimum absolute atomic E-state index is 0.0464. The number of hydrogen-bond donors (Lipinski definition) is 0. The molecule has 7 heteroatoms. The third kappa shape index (κ3) is 3.16. The standard InChI is InChI=1S/C24H17Cl2NO4/c1-12-8-13(2)19-18(9-12)31-23-20(22(19)28)21(14-5-6-16(25)17(26)10-14)27(24(23)29)11-15-4-3-7-30-15/h3-10,21H,11H2,1-2H3. The number of halogens is 2. The fraction of sp³-hybridized carbons (Fsp3) is 0.167. The first-order chi connectivity index (χ1) is 14.8. The molecule has 3 heterocycles. The van der Waals surface area contributed by atoms with Crippen molar-refractivity contribution >= 4 is 40.1 Å². The first-order valence-electron chi connectivity index (χ1n) is 9.71. The lowest BCUT2D eigenvalue weighted by Crippen LogP contribution is -2.29. The number of fused-ring (bicyclic) bond motifs is 2. The molecule has 0 fully saturated rings. The third-order valence-electron chi connectivity index (χ3n) is 5.58. The Kier molecular flexibility index (Phi) is 4.68. The molecular weight excluding hydrogens is 437 g/mol. The zero-order valence-corrected chi connectivity index (χ0v) is 18.3. The molecule has 1 unspecified atom stereocenters. The van der Waals surface area contributed by atoms with E-state index in [1.54, 1.807) is 47.6 Å². The van der Waals surface area contributed by atoms with Gasteiger partial charge >= 0.3 is 0 Å². The zero-order valence-electron chi connectivity index (χ0n) is 16.7. The van der Waals surface area contributed by atoms with E-state index in [0.29, 0.717) is 37.9 Å². The van der Waals surface area contributed by atoms with Gasteiger partial charge in [0.05, 0.1) is 39.8 Å². The van der Waals surface area contributed by atoms with E-state index >= 15 is 0 Å². The quantitative estimate of drug-likeness (QED) is 0.378. The summed E-state index contributed by atoms with van der Waals surface area (Å²) in [4.78, 5) is 28.6. The van der Waals surface area contributed by atoms with E-state index in [0.717, 1.165) is 11.1 Å². The molecule has 0 radical (unpaired) electrons. The van der Waals surface area contributed by atoms with Crippen LogP contribution in [0, 0.1) is 13.8 Å². The summed E-state index contributed by atoms with van der Waals surface area (Å²) >= 11 is 12.4. The Balaban J connectivity index is 1.79. The lowest BCUT2D eigenvalue weighted by atomic mass is 9.97. The van der Waals surface area contributed by atoms with E-state index in [-0.39, 0.29) is 23.6 Å². The Hall–Kier alpha value is -3.02. The van der Waals surface area contributed by atoms with Crippen molar-refractivity contribution in [1.29, 1.82) is 0 Å². The fourth-order valence-electron chi connectivity index (χ4n) is 4.28. The molecule has 4 aromatic rings. The maximum Gasteiger partial charge on any atom is 0.291 e. The lowest BCUT2D eigenvalue weighted by Gasteiger charge is -2.24. The third-order valence-corrected chi connectivity index (χ3v) is 6.32. The molecule has 31 heavy (non-hydrogen) atoms. The van der Waals surface area contributed by atoms with Gasteiger partial charge in [0.25, 0.3) is 5.91 Å². The van der Waals surface area contributed by atoms with Crippen molar-refractivity contribution in [3.8, 4) is 0 Å². The Labute approximate surface area is 187 Å². The first-order valence-corrected chi connectivity index (χ1v) is 10.5. The van der Waals surface area contributed by atoms with Crippen LogP contribution in [-0.2, 0) is 6.54 Å². The molecular formula is C24H17Cl2NO4. The summed E-state index contributed by atoms with van der Waals surface area (Å²) in [6, 6.07) is 11.7. The molecule has 2 aromatic carbocycles. The average Bonchev–Trinajstić information content (AvgIpc) is 3.32. The van der Waals surface area contributed by atoms with Gasteiger partial charge in [-0.05, 0) is 60.9 Å². The number of amides is 1. The fourth-order valence-corrected chi connectivity index (χ4v) is 4.58. The Morgan fingerprint density at radius 1 is 1.03 bits per heavy atom. The topological polar surface area (TPSA) is 63.7 Å². The molecule has 0 aliphatic carbocycles. The molecule has 2 aromatic heterocycles. The van der Waals surface area contributed by atoms with Gasteiger partial charge in [-0.25, -0.2) is 0 Å². The SMILES string of the molecule is Cc1cc(C)c2c(=O)c3c(oc2c1)C(=O)N(Cc1ccco1)C3c1ccc(Cl)c(Cl)c1. The lowest BCUT2D eigenvalue weighted by molar-refractivity contribution is 0.0701. The summed E-state index contributed by atoms with van der Waals surface area (Å²) < 4.78 is 11.5. The Morgan fingerprint density at radius 3 is 2.55 bits per heavy atom. The molecule has 1 amide bonds. The number of carbonyl (C=O) groups is 1. The smallest absolute Gasteiger partial charge is 0.291 e. The molecule has 0 saturated carbocycles. The van der Waals surface area contributed by atoms with Crippen LogP contribution in [0.15, 0.2) is 62.4 Å². The minimum atomic E-state index is -0.677. The monoisotopic (exact) mass is 453 g/mol. The second-order valence-electron chi connectivity index (χ2n) is 7.72. The Bertz CT molecular complexity index is 1410. The van der Waals surface area contributed by atoms with Gasteiger partial charge < -0.3 is 13.7 Å². The normalized spacial score (nSPS) is 15.7. The van der Waals surface area contributed by atoms with Crippen molar-refractivity contribution in [1.82, 2.24) is 4.90 Å². The van der Waals surface area contributed by atoms with Gasteiger partial charge in [0, 0.05) is 0 Å². The molecule has 5 nitrogen and oxygen atoms in total. The number of benzene rings is 2. The van der Waals surface area contributed by atoms with Crippen molar-refractivity contribution < 1.29 is 13.6 Å². The molecule has 156 valence electrons. The molecule has 0 saturated heterocycles. The number of carbonyl (C=O) groups excluding carboxylic acids is 1. The van der Waals surface area contributed by atoms with Crippen LogP contribution in [0.25, 0.3) is 11.0 Å². The largest absolute Gasteiger partial charge is 0.467 e. The van der Waals surface area contributed by atoms with Crippen LogP contribution in [-0.4, -0.2) is 10.8 Å². The van der Waals surface area contributed by atoms with Crippen LogP contribution >= 0.6 is 23.2 Å². The van der Waals surface area contributed by atoms with Crippen LogP contribution in [0.4, 0.5) is 0 Å². The maximum absolute atomic E-state index is 13.7. The number of aryl methyl sites for hydroxylation is 2. The highest BCUT2D eigenvalue weighted by atomic mass is 35.5. The van der Waals surface area contributed by atoms with E-state index < -0.39 is 6.04 Å². The summed E-state index contributed by atoms with van der Waals surface area (Å²) in [5.74, 6) is 0.265. The maximum atomic E-state index is 13.7. The molecule has 0 spiro atoms.